The van der Waals surface area contributed by atoms with E-state index in [1.54, 1.807) is 26.4 Å². The Hall–Kier alpha value is -1.70. The first-order valence-electron chi connectivity index (χ1n) is 6.71. The van der Waals surface area contributed by atoms with Crippen molar-refractivity contribution in [1.82, 2.24) is 5.32 Å². The Balaban J connectivity index is 2.73. The SMILES string of the molecule is COCCNCc1ccc([N+](=O)[O-])c(OCC(C)OC)c1. The molecule has 1 rings (SSSR count). The van der Waals surface area contributed by atoms with Gasteiger partial charge in [-0.1, -0.05) is 6.07 Å². The fourth-order valence-corrected chi connectivity index (χ4v) is 1.62. The number of nitrogens with zero attached hydrogens (tertiary/aromatic N) is 1. The summed E-state index contributed by atoms with van der Waals surface area (Å²) in [4.78, 5) is 10.6. The molecule has 0 bridgehead atoms. The molecule has 1 atom stereocenters. The van der Waals surface area contributed by atoms with Crippen LogP contribution in [0.2, 0.25) is 0 Å². The molecule has 0 amide bonds. The summed E-state index contributed by atoms with van der Waals surface area (Å²) in [5, 5.41) is 14.2. The van der Waals surface area contributed by atoms with Gasteiger partial charge >= 0.3 is 5.69 Å². The van der Waals surface area contributed by atoms with Crippen LogP contribution in [0.4, 0.5) is 5.69 Å². The summed E-state index contributed by atoms with van der Waals surface area (Å²) in [6.07, 6.45) is -0.131. The zero-order valence-corrected chi connectivity index (χ0v) is 12.6. The second-order valence-corrected chi connectivity index (χ2v) is 4.59. The van der Waals surface area contributed by atoms with Crippen LogP contribution in [0, 0.1) is 10.1 Å². The van der Waals surface area contributed by atoms with Crippen LogP contribution < -0.4 is 10.1 Å². The highest BCUT2D eigenvalue weighted by molar-refractivity contribution is 5.48. The number of nitro benzene ring substituents is 1. The van der Waals surface area contributed by atoms with Crippen LogP contribution in [0.15, 0.2) is 18.2 Å². The monoisotopic (exact) mass is 298 g/mol. The number of hydrogen-bond donors (Lipinski definition) is 1. The maximum atomic E-state index is 11.0. The second-order valence-electron chi connectivity index (χ2n) is 4.59. The molecule has 0 saturated carbocycles. The van der Waals surface area contributed by atoms with Crippen LogP contribution in [0.25, 0.3) is 0 Å². The molecule has 1 aromatic rings. The Morgan fingerprint density at radius 3 is 2.76 bits per heavy atom. The van der Waals surface area contributed by atoms with Gasteiger partial charge in [0.15, 0.2) is 5.75 Å². The highest BCUT2D eigenvalue weighted by Crippen LogP contribution is 2.28. The van der Waals surface area contributed by atoms with Crippen LogP contribution in [0.1, 0.15) is 12.5 Å². The van der Waals surface area contributed by atoms with Gasteiger partial charge < -0.3 is 19.5 Å². The van der Waals surface area contributed by atoms with Crippen molar-refractivity contribution in [3.05, 3.63) is 33.9 Å². The molecule has 0 aliphatic heterocycles. The van der Waals surface area contributed by atoms with Gasteiger partial charge in [-0.3, -0.25) is 10.1 Å². The maximum absolute atomic E-state index is 11.0. The van der Waals surface area contributed by atoms with Gasteiger partial charge in [-0.15, -0.1) is 0 Å². The Kier molecular flexibility index (Phi) is 7.66. The number of nitro groups is 1. The predicted octanol–water partition coefficient (Wildman–Crippen LogP) is 1.74. The summed E-state index contributed by atoms with van der Waals surface area (Å²) in [6.45, 7) is 4.02. The van der Waals surface area contributed by atoms with Gasteiger partial charge in [-0.2, -0.15) is 0 Å². The standard InChI is InChI=1S/C14H22N2O5/c1-11(20-3)10-21-14-8-12(9-15-6-7-19-2)4-5-13(14)16(17)18/h4-5,8,11,15H,6-7,9-10H2,1-3H3. The Labute approximate surface area is 124 Å². The van der Waals surface area contributed by atoms with E-state index >= 15 is 0 Å². The molecule has 0 radical (unpaired) electrons. The molecular weight excluding hydrogens is 276 g/mol. The van der Waals surface area contributed by atoms with Crippen LogP contribution in [-0.2, 0) is 16.0 Å². The van der Waals surface area contributed by atoms with Crippen molar-refractivity contribution < 1.29 is 19.1 Å². The van der Waals surface area contributed by atoms with Crippen LogP contribution >= 0.6 is 0 Å². The largest absolute Gasteiger partial charge is 0.484 e. The quantitative estimate of drug-likeness (QED) is 0.402. The van der Waals surface area contributed by atoms with Gasteiger partial charge in [-0.25, -0.2) is 0 Å². The zero-order chi connectivity index (χ0) is 15.7. The third-order valence-electron chi connectivity index (χ3n) is 2.91. The summed E-state index contributed by atoms with van der Waals surface area (Å²) in [6, 6.07) is 4.85. The van der Waals surface area contributed by atoms with Gasteiger partial charge in [0.2, 0.25) is 0 Å². The average molecular weight is 298 g/mol. The summed E-state index contributed by atoms with van der Waals surface area (Å²) >= 11 is 0. The molecule has 1 N–H and O–H groups in total. The molecule has 0 aliphatic carbocycles. The van der Waals surface area contributed by atoms with Crippen molar-refractivity contribution in [2.75, 3.05) is 34.0 Å². The minimum atomic E-state index is -0.449. The highest BCUT2D eigenvalue weighted by Gasteiger charge is 2.16. The lowest BCUT2D eigenvalue weighted by molar-refractivity contribution is -0.385. The smallest absolute Gasteiger partial charge is 0.310 e. The van der Waals surface area contributed by atoms with Crippen LogP contribution in [0.3, 0.4) is 0 Å². The van der Waals surface area contributed by atoms with E-state index in [1.165, 1.54) is 6.07 Å². The lowest BCUT2D eigenvalue weighted by atomic mass is 10.2. The summed E-state index contributed by atoms with van der Waals surface area (Å²) in [5.74, 6) is 0.259. The van der Waals surface area contributed by atoms with E-state index in [1.807, 2.05) is 6.92 Å². The van der Waals surface area contributed by atoms with Gasteiger partial charge in [0.05, 0.1) is 17.6 Å². The third-order valence-corrected chi connectivity index (χ3v) is 2.91. The third kappa shape index (κ3) is 6.07. The average Bonchev–Trinajstić information content (AvgIpc) is 2.49. The molecule has 118 valence electrons. The highest BCUT2D eigenvalue weighted by atomic mass is 16.6. The van der Waals surface area contributed by atoms with Crippen molar-refractivity contribution in [1.29, 1.82) is 0 Å². The first-order chi connectivity index (χ1) is 10.1. The van der Waals surface area contributed by atoms with E-state index < -0.39 is 4.92 Å². The summed E-state index contributed by atoms with van der Waals surface area (Å²) in [7, 11) is 3.20. The molecule has 0 saturated heterocycles. The summed E-state index contributed by atoms with van der Waals surface area (Å²) < 4.78 is 15.5. The first-order valence-corrected chi connectivity index (χ1v) is 6.71. The molecule has 0 spiro atoms. The van der Waals surface area contributed by atoms with Gasteiger partial charge in [0.1, 0.15) is 6.61 Å². The second kappa shape index (κ2) is 9.28. The lowest BCUT2D eigenvalue weighted by Crippen LogP contribution is -2.19. The number of benzene rings is 1. The Bertz CT molecular complexity index is 453. The lowest BCUT2D eigenvalue weighted by Gasteiger charge is -2.12. The molecule has 0 aromatic heterocycles. The minimum Gasteiger partial charge on any atom is -0.484 e. The van der Waals surface area contributed by atoms with Crippen molar-refractivity contribution in [3.8, 4) is 5.75 Å². The molecule has 0 fully saturated rings. The molecule has 7 nitrogen and oxygen atoms in total. The number of rotatable bonds is 10. The first kappa shape index (κ1) is 17.4. The van der Waals surface area contributed by atoms with Gasteiger partial charge in [-0.05, 0) is 18.6 Å². The number of methoxy groups -OCH3 is 2. The molecule has 1 aromatic carbocycles. The minimum absolute atomic E-state index is 0.0426. The molecule has 7 heteroatoms. The van der Waals surface area contributed by atoms with Crippen molar-refractivity contribution >= 4 is 5.69 Å². The summed E-state index contributed by atoms with van der Waals surface area (Å²) in [5.41, 5.74) is 0.871. The van der Waals surface area contributed by atoms with Crippen molar-refractivity contribution in [2.45, 2.75) is 19.6 Å². The number of nitrogens with one attached hydrogen (secondary N) is 1. The van der Waals surface area contributed by atoms with Gasteiger partial charge in [0, 0.05) is 33.4 Å². The number of ether oxygens (including phenoxy) is 3. The predicted molar refractivity (Wildman–Crippen MR) is 78.6 cm³/mol. The molecular formula is C14H22N2O5. The van der Waals surface area contributed by atoms with E-state index in [0.29, 0.717) is 19.7 Å². The molecule has 1 unspecified atom stereocenters. The van der Waals surface area contributed by atoms with Crippen LogP contribution in [0.5, 0.6) is 5.75 Å². The maximum Gasteiger partial charge on any atom is 0.310 e. The van der Waals surface area contributed by atoms with Gasteiger partial charge in [0.25, 0.3) is 0 Å². The van der Waals surface area contributed by atoms with Crippen molar-refractivity contribution in [2.24, 2.45) is 0 Å². The van der Waals surface area contributed by atoms with E-state index in [9.17, 15) is 10.1 Å². The van der Waals surface area contributed by atoms with Crippen molar-refractivity contribution in [3.63, 3.8) is 0 Å². The van der Waals surface area contributed by atoms with E-state index in [-0.39, 0.29) is 24.1 Å². The topological polar surface area (TPSA) is 82.9 Å². The zero-order valence-electron chi connectivity index (χ0n) is 12.6. The van der Waals surface area contributed by atoms with Crippen LogP contribution in [-0.4, -0.2) is 45.0 Å². The van der Waals surface area contributed by atoms with E-state index in [4.69, 9.17) is 14.2 Å². The molecule has 0 aliphatic rings. The van der Waals surface area contributed by atoms with E-state index in [2.05, 4.69) is 5.32 Å². The fraction of sp³-hybridized carbons (Fsp3) is 0.571. The fourth-order valence-electron chi connectivity index (χ4n) is 1.62. The normalized spacial score (nSPS) is 12.1. The molecule has 0 heterocycles. The molecule has 21 heavy (non-hydrogen) atoms. The number of hydrogen-bond acceptors (Lipinski definition) is 6. The van der Waals surface area contributed by atoms with E-state index in [0.717, 1.165) is 5.56 Å². The Morgan fingerprint density at radius 2 is 2.14 bits per heavy atom. The Morgan fingerprint density at radius 1 is 1.38 bits per heavy atom.